The molecule has 0 spiro atoms. The molecule has 0 fully saturated rings. The first-order valence-electron chi connectivity index (χ1n) is 11.3. The molecule has 0 heterocycles. The lowest BCUT2D eigenvalue weighted by atomic mass is 9.97. The van der Waals surface area contributed by atoms with Crippen molar-refractivity contribution in [3.63, 3.8) is 0 Å². The van der Waals surface area contributed by atoms with Gasteiger partial charge in [-0.2, -0.15) is 0 Å². The Morgan fingerprint density at radius 3 is 2.39 bits per heavy atom. The molecule has 1 amide bonds. The van der Waals surface area contributed by atoms with Gasteiger partial charge in [-0.15, -0.1) is 0 Å². The fourth-order valence-corrected chi connectivity index (χ4v) is 3.65. The number of carbonyl (C=O) groups is 2. The van der Waals surface area contributed by atoms with Gasteiger partial charge in [-0.3, -0.25) is 9.59 Å². The number of nitrogens with one attached hydrogen (secondary N) is 1. The van der Waals surface area contributed by atoms with E-state index >= 15 is 0 Å². The zero-order valence-corrected chi connectivity index (χ0v) is 19.2. The third-order valence-electron chi connectivity index (χ3n) is 5.52. The highest BCUT2D eigenvalue weighted by Gasteiger charge is 2.15. The van der Waals surface area contributed by atoms with Crippen LogP contribution in [0.2, 0.25) is 0 Å². The molecule has 5 heteroatoms. The number of anilines is 1. The maximum Gasteiger partial charge on any atom is 0.303 e. The molecule has 0 aliphatic heterocycles. The number of hydrogen-bond donors (Lipinski definition) is 2. The summed E-state index contributed by atoms with van der Waals surface area (Å²) in [4.78, 5) is 23.9. The van der Waals surface area contributed by atoms with E-state index in [0.717, 1.165) is 29.5 Å². The summed E-state index contributed by atoms with van der Waals surface area (Å²) in [5.41, 5.74) is 4.75. The third-order valence-corrected chi connectivity index (χ3v) is 5.52. The number of hydrogen-bond acceptors (Lipinski definition) is 3. The van der Waals surface area contributed by atoms with Gasteiger partial charge in [-0.1, -0.05) is 73.2 Å². The Morgan fingerprint density at radius 2 is 1.70 bits per heavy atom. The molecule has 0 bridgehead atoms. The van der Waals surface area contributed by atoms with E-state index < -0.39 is 5.97 Å². The number of aliphatic carboxylic acids is 1. The van der Waals surface area contributed by atoms with E-state index in [-0.39, 0.29) is 24.7 Å². The average molecular weight is 446 g/mol. The fraction of sp³-hybridized carbons (Fsp3) is 0.286. The number of aryl methyl sites for hydroxylation is 2. The highest BCUT2D eigenvalue weighted by molar-refractivity contribution is 5.93. The third kappa shape index (κ3) is 7.79. The van der Waals surface area contributed by atoms with Crippen LogP contribution in [0.3, 0.4) is 0 Å². The summed E-state index contributed by atoms with van der Waals surface area (Å²) in [6.07, 6.45) is 2.03. The zero-order valence-electron chi connectivity index (χ0n) is 19.2. The SMILES string of the molecule is Cc1ccc(CC(=O)Nc2cc(C(C)CC(=O)O)ccc2OCCCc2ccccc2)cc1. The van der Waals surface area contributed by atoms with Gasteiger partial charge in [0.25, 0.3) is 0 Å². The minimum absolute atomic E-state index is 0.0219. The smallest absolute Gasteiger partial charge is 0.303 e. The minimum Gasteiger partial charge on any atom is -0.491 e. The Bertz CT molecular complexity index is 1060. The molecule has 3 aromatic carbocycles. The van der Waals surface area contributed by atoms with Crippen molar-refractivity contribution < 1.29 is 19.4 Å². The maximum atomic E-state index is 12.7. The molecule has 172 valence electrons. The normalized spacial score (nSPS) is 11.6. The number of benzene rings is 3. The Hall–Kier alpha value is -3.60. The quantitative estimate of drug-likeness (QED) is 0.368. The first kappa shape index (κ1) is 24.1. The first-order valence-corrected chi connectivity index (χ1v) is 11.3. The topological polar surface area (TPSA) is 75.6 Å². The fourth-order valence-electron chi connectivity index (χ4n) is 3.65. The summed E-state index contributed by atoms with van der Waals surface area (Å²) in [6.45, 7) is 4.39. The molecule has 5 nitrogen and oxygen atoms in total. The number of carboxylic acid groups (broad SMARTS) is 1. The largest absolute Gasteiger partial charge is 0.491 e. The van der Waals surface area contributed by atoms with Crippen molar-refractivity contribution in [1.82, 2.24) is 0 Å². The summed E-state index contributed by atoms with van der Waals surface area (Å²) in [7, 11) is 0. The van der Waals surface area contributed by atoms with Crippen molar-refractivity contribution in [3.05, 3.63) is 95.1 Å². The van der Waals surface area contributed by atoms with Crippen LogP contribution in [0.4, 0.5) is 5.69 Å². The summed E-state index contributed by atoms with van der Waals surface area (Å²) >= 11 is 0. The van der Waals surface area contributed by atoms with Gasteiger partial charge in [0.05, 0.1) is 25.1 Å². The molecule has 3 aromatic rings. The van der Waals surface area contributed by atoms with Crippen LogP contribution in [-0.2, 0) is 22.4 Å². The Morgan fingerprint density at radius 1 is 0.970 bits per heavy atom. The second kappa shape index (κ2) is 11.9. The van der Waals surface area contributed by atoms with Gasteiger partial charge in [0.1, 0.15) is 5.75 Å². The number of amides is 1. The number of carbonyl (C=O) groups excluding carboxylic acids is 1. The van der Waals surface area contributed by atoms with Crippen LogP contribution in [0, 0.1) is 6.92 Å². The average Bonchev–Trinajstić information content (AvgIpc) is 2.79. The van der Waals surface area contributed by atoms with Gasteiger partial charge in [0, 0.05) is 0 Å². The number of rotatable bonds is 11. The Kier molecular flexibility index (Phi) is 8.64. The lowest BCUT2D eigenvalue weighted by molar-refractivity contribution is -0.137. The summed E-state index contributed by atoms with van der Waals surface area (Å²) in [6, 6.07) is 23.6. The monoisotopic (exact) mass is 445 g/mol. The van der Waals surface area contributed by atoms with Crippen LogP contribution >= 0.6 is 0 Å². The van der Waals surface area contributed by atoms with E-state index in [1.807, 2.05) is 74.5 Å². The van der Waals surface area contributed by atoms with Gasteiger partial charge in [0.15, 0.2) is 0 Å². The van der Waals surface area contributed by atoms with Crippen LogP contribution in [0.5, 0.6) is 5.75 Å². The van der Waals surface area contributed by atoms with Gasteiger partial charge in [0.2, 0.25) is 5.91 Å². The van der Waals surface area contributed by atoms with Crippen molar-refractivity contribution in [2.75, 3.05) is 11.9 Å². The zero-order chi connectivity index (χ0) is 23.6. The van der Waals surface area contributed by atoms with Crippen molar-refractivity contribution in [2.45, 2.75) is 45.4 Å². The highest BCUT2D eigenvalue weighted by Crippen LogP contribution is 2.31. The van der Waals surface area contributed by atoms with Crippen LogP contribution in [0.1, 0.15) is 47.9 Å². The van der Waals surface area contributed by atoms with E-state index in [0.29, 0.717) is 18.0 Å². The minimum atomic E-state index is -0.853. The standard InChI is InChI=1S/C28H31NO4/c1-20-10-12-23(13-11-20)18-27(30)29-25-19-24(21(2)17-28(31)32)14-15-26(25)33-16-6-9-22-7-4-3-5-8-22/h3-5,7-8,10-15,19,21H,6,9,16-18H2,1-2H3,(H,29,30)(H,31,32). The molecular formula is C28H31NO4. The molecule has 0 saturated carbocycles. The second-order valence-electron chi connectivity index (χ2n) is 8.40. The predicted molar refractivity (Wildman–Crippen MR) is 131 cm³/mol. The van der Waals surface area contributed by atoms with Gasteiger partial charge in [-0.05, 0) is 54.5 Å². The Labute approximate surface area is 195 Å². The molecule has 2 N–H and O–H groups in total. The lowest BCUT2D eigenvalue weighted by Crippen LogP contribution is -2.16. The molecular weight excluding hydrogens is 414 g/mol. The number of ether oxygens (including phenoxy) is 1. The van der Waals surface area contributed by atoms with E-state index in [9.17, 15) is 9.59 Å². The molecule has 0 aliphatic rings. The van der Waals surface area contributed by atoms with E-state index in [1.165, 1.54) is 5.56 Å². The molecule has 1 atom stereocenters. The van der Waals surface area contributed by atoms with Crippen LogP contribution in [0.25, 0.3) is 0 Å². The maximum absolute atomic E-state index is 12.7. The van der Waals surface area contributed by atoms with Gasteiger partial charge < -0.3 is 15.2 Å². The molecule has 0 aliphatic carbocycles. The molecule has 0 saturated heterocycles. The summed E-state index contributed by atoms with van der Waals surface area (Å²) in [5.74, 6) is -0.585. The molecule has 3 rings (SSSR count). The van der Waals surface area contributed by atoms with Crippen LogP contribution in [-0.4, -0.2) is 23.6 Å². The summed E-state index contributed by atoms with van der Waals surface area (Å²) in [5, 5.41) is 12.1. The van der Waals surface area contributed by atoms with Gasteiger partial charge >= 0.3 is 5.97 Å². The molecule has 0 aromatic heterocycles. The lowest BCUT2D eigenvalue weighted by Gasteiger charge is -2.17. The van der Waals surface area contributed by atoms with E-state index in [2.05, 4.69) is 17.4 Å². The highest BCUT2D eigenvalue weighted by atomic mass is 16.5. The van der Waals surface area contributed by atoms with Crippen molar-refractivity contribution in [1.29, 1.82) is 0 Å². The van der Waals surface area contributed by atoms with Crippen LogP contribution < -0.4 is 10.1 Å². The van der Waals surface area contributed by atoms with Crippen LogP contribution in [0.15, 0.2) is 72.8 Å². The van der Waals surface area contributed by atoms with E-state index in [4.69, 9.17) is 9.84 Å². The van der Waals surface area contributed by atoms with Crippen molar-refractivity contribution in [3.8, 4) is 5.75 Å². The number of carboxylic acids is 1. The first-order chi connectivity index (χ1) is 15.9. The van der Waals surface area contributed by atoms with Gasteiger partial charge in [-0.25, -0.2) is 0 Å². The molecule has 33 heavy (non-hydrogen) atoms. The van der Waals surface area contributed by atoms with Crippen molar-refractivity contribution >= 4 is 17.6 Å². The van der Waals surface area contributed by atoms with E-state index in [1.54, 1.807) is 0 Å². The van der Waals surface area contributed by atoms with Crippen molar-refractivity contribution in [2.24, 2.45) is 0 Å². The molecule has 0 radical (unpaired) electrons. The summed E-state index contributed by atoms with van der Waals surface area (Å²) < 4.78 is 6.01. The Balaban J connectivity index is 1.69. The second-order valence-corrected chi connectivity index (χ2v) is 8.40. The predicted octanol–water partition coefficient (Wildman–Crippen LogP) is 5.77. The molecule has 1 unspecified atom stereocenters.